The van der Waals surface area contributed by atoms with E-state index in [0.717, 1.165) is 12.1 Å². The van der Waals surface area contributed by atoms with Crippen molar-refractivity contribution in [1.29, 1.82) is 0 Å². The second-order valence-electron chi connectivity index (χ2n) is 4.90. The standard InChI is InChI=1S/C17H14F3NO3S/c1-25-14-8-3-2-7-13(14)16(23)24-10-15(22)21-12-6-4-5-11(9-12)17(18,19)20/h2-9H,10H2,1H3,(H,21,22). The molecule has 0 aliphatic heterocycles. The summed E-state index contributed by atoms with van der Waals surface area (Å²) in [7, 11) is 0. The molecule has 0 aromatic heterocycles. The Morgan fingerprint density at radius 1 is 1.12 bits per heavy atom. The maximum Gasteiger partial charge on any atom is 0.416 e. The summed E-state index contributed by atoms with van der Waals surface area (Å²) in [6.07, 6.45) is -2.71. The third kappa shape index (κ3) is 5.25. The molecular weight excluding hydrogens is 355 g/mol. The Kier molecular flexibility index (Phi) is 6.08. The molecule has 0 unspecified atom stereocenters. The zero-order valence-corrected chi connectivity index (χ0v) is 13.9. The van der Waals surface area contributed by atoms with Gasteiger partial charge in [0.25, 0.3) is 5.91 Å². The monoisotopic (exact) mass is 369 g/mol. The first kappa shape index (κ1) is 18.9. The lowest BCUT2D eigenvalue weighted by atomic mass is 10.2. The molecular formula is C17H14F3NO3S. The van der Waals surface area contributed by atoms with Gasteiger partial charge in [0.15, 0.2) is 6.61 Å². The average Bonchev–Trinajstić information content (AvgIpc) is 2.59. The number of anilines is 1. The SMILES string of the molecule is CSc1ccccc1C(=O)OCC(=O)Nc1cccc(C(F)(F)F)c1. The van der Waals surface area contributed by atoms with Crippen molar-refractivity contribution >= 4 is 29.3 Å². The molecule has 8 heteroatoms. The van der Waals surface area contributed by atoms with Gasteiger partial charge in [-0.15, -0.1) is 11.8 Å². The van der Waals surface area contributed by atoms with Crippen molar-refractivity contribution in [2.75, 3.05) is 18.2 Å². The topological polar surface area (TPSA) is 55.4 Å². The van der Waals surface area contributed by atoms with Crippen LogP contribution in [0.1, 0.15) is 15.9 Å². The van der Waals surface area contributed by atoms with Crippen LogP contribution < -0.4 is 5.32 Å². The zero-order chi connectivity index (χ0) is 18.4. The van der Waals surface area contributed by atoms with Crippen LogP contribution >= 0.6 is 11.8 Å². The van der Waals surface area contributed by atoms with E-state index in [0.29, 0.717) is 10.5 Å². The van der Waals surface area contributed by atoms with E-state index in [9.17, 15) is 22.8 Å². The van der Waals surface area contributed by atoms with Gasteiger partial charge >= 0.3 is 12.1 Å². The molecule has 0 radical (unpaired) electrons. The number of amides is 1. The van der Waals surface area contributed by atoms with Gasteiger partial charge in [0.2, 0.25) is 0 Å². The molecule has 0 saturated carbocycles. The molecule has 0 aliphatic rings. The maximum atomic E-state index is 12.6. The quantitative estimate of drug-likeness (QED) is 0.633. The molecule has 0 aliphatic carbocycles. The number of rotatable bonds is 5. The van der Waals surface area contributed by atoms with Crippen molar-refractivity contribution in [2.24, 2.45) is 0 Å². The summed E-state index contributed by atoms with van der Waals surface area (Å²) in [5, 5.41) is 2.27. The molecule has 1 N–H and O–H groups in total. The lowest BCUT2D eigenvalue weighted by Gasteiger charge is -2.10. The zero-order valence-electron chi connectivity index (χ0n) is 13.1. The number of thioether (sulfide) groups is 1. The minimum atomic E-state index is -4.51. The number of carbonyl (C=O) groups is 2. The van der Waals surface area contributed by atoms with Crippen LogP contribution in [-0.4, -0.2) is 24.7 Å². The Morgan fingerprint density at radius 2 is 1.84 bits per heavy atom. The lowest BCUT2D eigenvalue weighted by Crippen LogP contribution is -2.21. The Labute approximate surface area is 146 Å². The molecule has 2 rings (SSSR count). The van der Waals surface area contributed by atoms with Crippen molar-refractivity contribution < 1.29 is 27.5 Å². The summed E-state index contributed by atoms with van der Waals surface area (Å²) in [5.41, 5.74) is -0.585. The average molecular weight is 369 g/mol. The minimum absolute atomic E-state index is 0.0274. The Hall–Kier alpha value is -2.48. The third-order valence-electron chi connectivity index (χ3n) is 3.13. The number of benzene rings is 2. The Balaban J connectivity index is 1.96. The number of hydrogen-bond donors (Lipinski definition) is 1. The molecule has 0 spiro atoms. The summed E-state index contributed by atoms with van der Waals surface area (Å²) in [4.78, 5) is 24.5. The van der Waals surface area contributed by atoms with E-state index in [1.54, 1.807) is 30.5 Å². The predicted molar refractivity (Wildman–Crippen MR) is 88.6 cm³/mol. The van der Waals surface area contributed by atoms with Crippen LogP contribution in [0.3, 0.4) is 0 Å². The molecule has 0 saturated heterocycles. The van der Waals surface area contributed by atoms with Crippen LogP contribution in [0, 0.1) is 0 Å². The van der Waals surface area contributed by atoms with E-state index in [1.807, 2.05) is 0 Å². The van der Waals surface area contributed by atoms with Crippen LogP contribution in [0.15, 0.2) is 53.4 Å². The number of halogens is 3. The largest absolute Gasteiger partial charge is 0.452 e. The van der Waals surface area contributed by atoms with E-state index < -0.39 is 30.2 Å². The van der Waals surface area contributed by atoms with Gasteiger partial charge < -0.3 is 10.1 Å². The second kappa shape index (κ2) is 8.06. The number of hydrogen-bond acceptors (Lipinski definition) is 4. The highest BCUT2D eigenvalue weighted by molar-refractivity contribution is 7.98. The second-order valence-corrected chi connectivity index (χ2v) is 5.75. The molecule has 132 valence electrons. The predicted octanol–water partition coefficient (Wildman–Crippen LogP) is 4.22. The van der Waals surface area contributed by atoms with Crippen molar-refractivity contribution in [3.8, 4) is 0 Å². The van der Waals surface area contributed by atoms with E-state index in [1.165, 1.54) is 23.9 Å². The Bertz CT molecular complexity index is 778. The number of carbonyl (C=O) groups excluding carboxylic acids is 2. The fourth-order valence-corrected chi connectivity index (χ4v) is 2.58. The summed E-state index contributed by atoms with van der Waals surface area (Å²) in [6.45, 7) is -0.599. The highest BCUT2D eigenvalue weighted by atomic mass is 32.2. The van der Waals surface area contributed by atoms with Gasteiger partial charge in [-0.2, -0.15) is 13.2 Å². The summed E-state index contributed by atoms with van der Waals surface area (Å²) >= 11 is 1.36. The first-order valence-electron chi connectivity index (χ1n) is 7.08. The van der Waals surface area contributed by atoms with Crippen molar-refractivity contribution in [3.63, 3.8) is 0 Å². The molecule has 2 aromatic carbocycles. The smallest absolute Gasteiger partial charge is 0.416 e. The number of esters is 1. The number of nitrogens with one attached hydrogen (secondary N) is 1. The highest BCUT2D eigenvalue weighted by Gasteiger charge is 2.30. The van der Waals surface area contributed by atoms with E-state index in [4.69, 9.17) is 4.74 Å². The van der Waals surface area contributed by atoms with Gasteiger partial charge in [-0.25, -0.2) is 4.79 Å². The van der Waals surface area contributed by atoms with Crippen molar-refractivity contribution in [2.45, 2.75) is 11.1 Å². The van der Waals surface area contributed by atoms with Gasteiger partial charge in [-0.05, 0) is 36.6 Å². The van der Waals surface area contributed by atoms with E-state index in [-0.39, 0.29) is 5.69 Å². The van der Waals surface area contributed by atoms with Crippen LogP contribution in [-0.2, 0) is 15.7 Å². The van der Waals surface area contributed by atoms with Gasteiger partial charge in [0.05, 0.1) is 11.1 Å². The van der Waals surface area contributed by atoms with Crippen molar-refractivity contribution in [1.82, 2.24) is 0 Å². The van der Waals surface area contributed by atoms with Gasteiger partial charge in [-0.3, -0.25) is 4.79 Å². The highest BCUT2D eigenvalue weighted by Crippen LogP contribution is 2.30. The van der Waals surface area contributed by atoms with Crippen LogP contribution in [0.25, 0.3) is 0 Å². The van der Waals surface area contributed by atoms with Gasteiger partial charge in [0.1, 0.15) is 0 Å². The minimum Gasteiger partial charge on any atom is -0.452 e. The maximum absolute atomic E-state index is 12.6. The molecule has 0 bridgehead atoms. The number of alkyl halides is 3. The van der Waals surface area contributed by atoms with Gasteiger partial charge in [-0.1, -0.05) is 18.2 Å². The van der Waals surface area contributed by atoms with E-state index >= 15 is 0 Å². The normalized spacial score (nSPS) is 11.0. The van der Waals surface area contributed by atoms with Gasteiger partial charge in [0, 0.05) is 10.6 Å². The fraction of sp³-hybridized carbons (Fsp3) is 0.176. The van der Waals surface area contributed by atoms with Crippen molar-refractivity contribution in [3.05, 3.63) is 59.7 Å². The molecule has 4 nitrogen and oxygen atoms in total. The molecule has 0 atom stereocenters. The third-order valence-corrected chi connectivity index (χ3v) is 3.93. The summed E-state index contributed by atoms with van der Waals surface area (Å²) in [5.74, 6) is -1.40. The van der Waals surface area contributed by atoms with E-state index in [2.05, 4.69) is 5.32 Å². The molecule has 0 heterocycles. The van der Waals surface area contributed by atoms with Crippen LogP contribution in [0.2, 0.25) is 0 Å². The summed E-state index contributed by atoms with van der Waals surface area (Å²) < 4.78 is 42.8. The number of ether oxygens (including phenoxy) is 1. The molecule has 25 heavy (non-hydrogen) atoms. The summed E-state index contributed by atoms with van der Waals surface area (Å²) in [6, 6.07) is 10.9. The first-order valence-corrected chi connectivity index (χ1v) is 8.31. The molecule has 1 amide bonds. The van der Waals surface area contributed by atoms with Crippen LogP contribution in [0.4, 0.5) is 18.9 Å². The Morgan fingerprint density at radius 3 is 2.52 bits per heavy atom. The van der Waals surface area contributed by atoms with Crippen LogP contribution in [0.5, 0.6) is 0 Å². The lowest BCUT2D eigenvalue weighted by molar-refractivity contribution is -0.137. The fourth-order valence-electron chi connectivity index (χ4n) is 1.99. The molecule has 2 aromatic rings. The first-order chi connectivity index (χ1) is 11.8. The molecule has 0 fully saturated rings.